The van der Waals surface area contributed by atoms with Gasteiger partial charge in [0.2, 0.25) is 0 Å². The number of hydrogen-bond donors (Lipinski definition) is 2. The quantitative estimate of drug-likeness (QED) is 0.335. The fourth-order valence-electron chi connectivity index (χ4n) is 2.46. The van der Waals surface area contributed by atoms with Gasteiger partial charge in [0.25, 0.3) is 0 Å². The first-order valence-electron chi connectivity index (χ1n) is 9.46. The van der Waals surface area contributed by atoms with Crippen LogP contribution >= 0.6 is 0 Å². The van der Waals surface area contributed by atoms with Crippen molar-refractivity contribution in [2.45, 2.75) is 90.9 Å². The molecule has 0 bridgehead atoms. The van der Waals surface area contributed by atoms with Crippen molar-refractivity contribution in [1.82, 2.24) is 15.8 Å². The van der Waals surface area contributed by atoms with E-state index >= 15 is 0 Å². The van der Waals surface area contributed by atoms with E-state index in [1.807, 2.05) is 14.0 Å². The Morgan fingerprint density at radius 2 is 1.23 bits per heavy atom. The molecule has 0 atom stereocenters. The zero-order chi connectivity index (χ0) is 16.5. The number of carbonyl (C=O) groups is 1. The fraction of sp³-hybridized carbons (Fsp3) is 0.944. The summed E-state index contributed by atoms with van der Waals surface area (Å²) in [6.45, 7) is 5.86. The van der Waals surface area contributed by atoms with Crippen LogP contribution in [0.15, 0.2) is 0 Å². The molecule has 0 aromatic rings. The fourth-order valence-corrected chi connectivity index (χ4v) is 2.46. The molecule has 0 spiro atoms. The molecule has 0 rings (SSSR count). The molecule has 4 nitrogen and oxygen atoms in total. The zero-order valence-electron chi connectivity index (χ0n) is 15.3. The predicted molar refractivity (Wildman–Crippen MR) is 95.9 cm³/mol. The van der Waals surface area contributed by atoms with Crippen molar-refractivity contribution in [2.24, 2.45) is 0 Å². The molecule has 0 saturated heterocycles. The topological polar surface area (TPSA) is 44.4 Å². The maximum absolute atomic E-state index is 11.4. The number of nitrogens with one attached hydrogen (secondary N) is 2. The Morgan fingerprint density at radius 3 is 1.68 bits per heavy atom. The number of hydrazine groups is 1. The van der Waals surface area contributed by atoms with Gasteiger partial charge in [-0.15, -0.1) is 0 Å². The van der Waals surface area contributed by atoms with E-state index in [4.69, 9.17) is 0 Å². The molecule has 2 amide bonds. The van der Waals surface area contributed by atoms with Crippen molar-refractivity contribution in [1.29, 1.82) is 0 Å². The van der Waals surface area contributed by atoms with Gasteiger partial charge in [0.1, 0.15) is 0 Å². The van der Waals surface area contributed by atoms with E-state index in [2.05, 4.69) is 17.7 Å². The molecule has 0 fully saturated rings. The molecule has 0 saturated carbocycles. The Hall–Kier alpha value is -0.770. The average Bonchev–Trinajstić information content (AvgIpc) is 2.51. The summed E-state index contributed by atoms with van der Waals surface area (Å²) in [6.07, 6.45) is 16.2. The third-order valence-electron chi connectivity index (χ3n) is 4.08. The van der Waals surface area contributed by atoms with E-state index in [0.717, 1.165) is 19.5 Å². The summed E-state index contributed by atoms with van der Waals surface area (Å²) in [6, 6.07) is -0.0903. The van der Waals surface area contributed by atoms with E-state index in [9.17, 15) is 4.79 Å². The lowest BCUT2D eigenvalue weighted by Crippen LogP contribution is -2.45. The van der Waals surface area contributed by atoms with Crippen molar-refractivity contribution < 1.29 is 4.79 Å². The highest BCUT2D eigenvalue weighted by Crippen LogP contribution is 2.11. The molecule has 0 aromatic heterocycles. The molecule has 0 aromatic carbocycles. The minimum atomic E-state index is -0.0903. The highest BCUT2D eigenvalue weighted by Gasteiger charge is 2.01. The lowest BCUT2D eigenvalue weighted by Gasteiger charge is -2.15. The molecule has 22 heavy (non-hydrogen) atoms. The molecular weight excluding hydrogens is 274 g/mol. The zero-order valence-corrected chi connectivity index (χ0v) is 15.3. The minimum Gasteiger partial charge on any atom is -0.337 e. The van der Waals surface area contributed by atoms with Crippen molar-refractivity contribution in [3.8, 4) is 0 Å². The third kappa shape index (κ3) is 15.6. The van der Waals surface area contributed by atoms with Crippen molar-refractivity contribution >= 4 is 6.03 Å². The largest absolute Gasteiger partial charge is 0.337 e. The maximum atomic E-state index is 11.4. The normalized spacial score (nSPS) is 10.9. The van der Waals surface area contributed by atoms with Crippen LogP contribution < -0.4 is 10.7 Å². The van der Waals surface area contributed by atoms with Crippen LogP contribution in [0.1, 0.15) is 90.9 Å². The summed E-state index contributed by atoms with van der Waals surface area (Å²) >= 11 is 0. The van der Waals surface area contributed by atoms with Gasteiger partial charge < -0.3 is 5.32 Å². The molecule has 132 valence electrons. The van der Waals surface area contributed by atoms with E-state index in [1.165, 1.54) is 70.6 Å². The number of nitrogens with zero attached hydrogens (tertiary/aromatic N) is 1. The van der Waals surface area contributed by atoms with Crippen molar-refractivity contribution in [2.75, 3.05) is 20.1 Å². The smallest absolute Gasteiger partial charge is 0.329 e. The Balaban J connectivity index is 3.12. The number of carbonyl (C=O) groups excluding carboxylic acids is 1. The number of urea groups is 1. The van der Waals surface area contributed by atoms with Gasteiger partial charge in [0.05, 0.1) is 0 Å². The van der Waals surface area contributed by atoms with Gasteiger partial charge in [-0.1, -0.05) is 84.5 Å². The minimum absolute atomic E-state index is 0.0903. The summed E-state index contributed by atoms with van der Waals surface area (Å²) < 4.78 is 0. The highest BCUT2D eigenvalue weighted by molar-refractivity contribution is 5.73. The summed E-state index contributed by atoms with van der Waals surface area (Å²) in [5.74, 6) is 0. The van der Waals surface area contributed by atoms with Gasteiger partial charge in [-0.2, -0.15) is 0 Å². The second-order valence-corrected chi connectivity index (χ2v) is 6.27. The van der Waals surface area contributed by atoms with Gasteiger partial charge in [-0.25, -0.2) is 9.80 Å². The Labute approximate surface area is 138 Å². The van der Waals surface area contributed by atoms with Crippen LogP contribution in [0.3, 0.4) is 0 Å². The first kappa shape index (κ1) is 21.2. The van der Waals surface area contributed by atoms with Gasteiger partial charge >= 0.3 is 6.03 Å². The van der Waals surface area contributed by atoms with Crippen LogP contribution in [0.25, 0.3) is 0 Å². The van der Waals surface area contributed by atoms with Crippen LogP contribution in [-0.2, 0) is 0 Å². The van der Waals surface area contributed by atoms with Crippen LogP contribution in [0, 0.1) is 0 Å². The van der Waals surface area contributed by atoms with Gasteiger partial charge in [-0.3, -0.25) is 5.43 Å². The van der Waals surface area contributed by atoms with Crippen LogP contribution in [-0.4, -0.2) is 31.2 Å². The first-order valence-corrected chi connectivity index (χ1v) is 9.46. The first-order chi connectivity index (χ1) is 10.7. The van der Waals surface area contributed by atoms with E-state index in [0.29, 0.717) is 0 Å². The summed E-state index contributed by atoms with van der Waals surface area (Å²) in [4.78, 5) is 11.4. The molecule has 4 heteroatoms. The second-order valence-electron chi connectivity index (χ2n) is 6.27. The molecule has 0 aliphatic carbocycles. The molecule has 0 unspecified atom stereocenters. The van der Waals surface area contributed by atoms with Crippen LogP contribution in [0.2, 0.25) is 0 Å². The van der Waals surface area contributed by atoms with Crippen molar-refractivity contribution in [3.05, 3.63) is 0 Å². The molecule has 0 radical (unpaired) electrons. The Morgan fingerprint density at radius 1 is 0.773 bits per heavy atom. The summed E-state index contributed by atoms with van der Waals surface area (Å²) in [7, 11) is 1.86. The number of amides is 2. The molecule has 2 N–H and O–H groups in total. The summed E-state index contributed by atoms with van der Waals surface area (Å²) in [5.41, 5.74) is 2.76. The van der Waals surface area contributed by atoms with Crippen LogP contribution in [0.5, 0.6) is 0 Å². The highest BCUT2D eigenvalue weighted by atomic mass is 16.2. The summed E-state index contributed by atoms with van der Waals surface area (Å²) in [5, 5.41) is 4.67. The van der Waals surface area contributed by atoms with E-state index in [1.54, 1.807) is 5.01 Å². The van der Waals surface area contributed by atoms with Crippen LogP contribution in [0.4, 0.5) is 4.79 Å². The third-order valence-corrected chi connectivity index (χ3v) is 4.08. The Bertz CT molecular complexity index is 246. The van der Waals surface area contributed by atoms with Gasteiger partial charge in [0, 0.05) is 20.1 Å². The molecule has 0 aliphatic heterocycles. The SMILES string of the molecule is CCCCCCCCCCCCCCNC(=O)NN(C)CC. The maximum Gasteiger partial charge on any atom is 0.329 e. The van der Waals surface area contributed by atoms with E-state index < -0.39 is 0 Å². The second kappa shape index (κ2) is 16.6. The van der Waals surface area contributed by atoms with Crippen molar-refractivity contribution in [3.63, 3.8) is 0 Å². The van der Waals surface area contributed by atoms with E-state index in [-0.39, 0.29) is 6.03 Å². The molecular formula is C18H39N3O. The standard InChI is InChI=1S/C18H39N3O/c1-4-6-7-8-9-10-11-12-13-14-15-16-17-19-18(22)20-21(3)5-2/h4-17H2,1-3H3,(H2,19,20,22). The lowest BCUT2D eigenvalue weighted by atomic mass is 10.1. The Kier molecular flexibility index (Phi) is 16.0. The average molecular weight is 314 g/mol. The molecule has 0 aliphatic rings. The predicted octanol–water partition coefficient (Wildman–Crippen LogP) is 4.85. The lowest BCUT2D eigenvalue weighted by molar-refractivity contribution is 0.201. The number of rotatable bonds is 15. The van der Waals surface area contributed by atoms with Gasteiger partial charge in [-0.05, 0) is 6.42 Å². The van der Waals surface area contributed by atoms with Gasteiger partial charge in [0.15, 0.2) is 0 Å². The number of hydrogen-bond acceptors (Lipinski definition) is 2. The molecule has 0 heterocycles. The number of unbranched alkanes of at least 4 members (excludes halogenated alkanes) is 11. The monoisotopic (exact) mass is 313 g/mol.